The third-order valence-electron chi connectivity index (χ3n) is 4.71. The van der Waals surface area contributed by atoms with Gasteiger partial charge in [0.1, 0.15) is 12.7 Å². The lowest BCUT2D eigenvalue weighted by atomic mass is 10.1. The molecule has 0 radical (unpaired) electrons. The van der Waals surface area contributed by atoms with Crippen molar-refractivity contribution in [3.63, 3.8) is 0 Å². The van der Waals surface area contributed by atoms with Crippen molar-refractivity contribution in [3.05, 3.63) is 78.2 Å². The van der Waals surface area contributed by atoms with Gasteiger partial charge in [0, 0.05) is 50.0 Å². The molecule has 0 fully saturated rings. The number of rotatable bonds is 11. The fourth-order valence-corrected chi connectivity index (χ4v) is 4.19. The maximum atomic E-state index is 9.06. The van der Waals surface area contributed by atoms with Gasteiger partial charge in [0.05, 0.1) is 34.6 Å². The van der Waals surface area contributed by atoms with Crippen LogP contribution < -0.4 is 5.32 Å². The highest BCUT2D eigenvalue weighted by atomic mass is 32.1. The van der Waals surface area contributed by atoms with E-state index >= 15 is 0 Å². The van der Waals surface area contributed by atoms with Gasteiger partial charge in [-0.15, -0.1) is 11.3 Å². The molecule has 7 nitrogen and oxygen atoms in total. The summed E-state index contributed by atoms with van der Waals surface area (Å²) in [4.78, 5) is 10.7. The Labute approximate surface area is 181 Å². The molecule has 1 aliphatic rings. The first-order valence-corrected chi connectivity index (χ1v) is 10.8. The van der Waals surface area contributed by atoms with Crippen molar-refractivity contribution in [2.45, 2.75) is 20.0 Å². The van der Waals surface area contributed by atoms with Gasteiger partial charge in [0.25, 0.3) is 0 Å². The van der Waals surface area contributed by atoms with Gasteiger partial charge in [-0.2, -0.15) is 0 Å². The molecule has 160 valence electrons. The van der Waals surface area contributed by atoms with Crippen LogP contribution >= 0.6 is 11.3 Å². The van der Waals surface area contributed by atoms with Crippen LogP contribution in [0, 0.1) is 6.92 Å². The predicted molar refractivity (Wildman–Crippen MR) is 121 cm³/mol. The van der Waals surface area contributed by atoms with Crippen LogP contribution in [0.15, 0.2) is 62.1 Å². The average molecular weight is 429 g/mol. The van der Waals surface area contributed by atoms with Crippen LogP contribution in [0.5, 0.6) is 0 Å². The molecule has 0 aliphatic carbocycles. The molecule has 0 atom stereocenters. The summed E-state index contributed by atoms with van der Waals surface area (Å²) in [6, 6.07) is 4.45. The summed E-state index contributed by atoms with van der Waals surface area (Å²) < 4.78 is 1.21. The Bertz CT molecular complexity index is 923. The van der Waals surface area contributed by atoms with E-state index in [-0.39, 0.29) is 13.2 Å². The lowest BCUT2D eigenvalue weighted by molar-refractivity contribution is -0.605. The zero-order valence-corrected chi connectivity index (χ0v) is 18.1. The van der Waals surface area contributed by atoms with Gasteiger partial charge >= 0.3 is 0 Å². The van der Waals surface area contributed by atoms with E-state index in [0.717, 1.165) is 23.6 Å². The number of nitrogens with zero attached hydrogens (tertiary/aromatic N) is 4. The van der Waals surface area contributed by atoms with E-state index in [1.54, 1.807) is 17.5 Å². The van der Waals surface area contributed by atoms with Crippen LogP contribution in [0.1, 0.15) is 16.1 Å². The highest BCUT2D eigenvalue weighted by Gasteiger charge is 2.12. The SMILES string of the molecule is C=CN(/C=C\[NH2+]Cc1cc(CN2C=CN(CCO)C=C2)cc2sc(C)nc12)CCO. The van der Waals surface area contributed by atoms with E-state index in [1.165, 1.54) is 15.8 Å². The molecule has 1 aromatic heterocycles. The molecule has 3 rings (SSSR count). The van der Waals surface area contributed by atoms with Crippen molar-refractivity contribution in [1.82, 2.24) is 19.7 Å². The Morgan fingerprint density at radius 1 is 1.17 bits per heavy atom. The maximum absolute atomic E-state index is 9.06. The first kappa shape index (κ1) is 22.0. The summed E-state index contributed by atoms with van der Waals surface area (Å²) in [5.74, 6) is 0. The summed E-state index contributed by atoms with van der Waals surface area (Å²) in [5.41, 5.74) is 3.51. The number of quaternary nitrogens is 1. The fraction of sp³-hybridized carbons (Fsp3) is 0.318. The topological polar surface area (TPSA) is 79.7 Å². The second-order valence-electron chi connectivity index (χ2n) is 6.99. The number of hydrogen-bond acceptors (Lipinski definition) is 7. The van der Waals surface area contributed by atoms with Gasteiger partial charge < -0.3 is 30.2 Å². The van der Waals surface area contributed by atoms with Crippen LogP contribution in [0.2, 0.25) is 0 Å². The average Bonchev–Trinajstić information content (AvgIpc) is 3.12. The summed E-state index contributed by atoms with van der Waals surface area (Å²) in [5, 5.41) is 21.3. The molecular formula is C22H30N5O2S+. The minimum absolute atomic E-state index is 0.0915. The first-order valence-electron chi connectivity index (χ1n) is 10.00. The van der Waals surface area contributed by atoms with Gasteiger partial charge in [-0.3, -0.25) is 0 Å². The number of fused-ring (bicyclic) bond motifs is 1. The fourth-order valence-electron chi connectivity index (χ4n) is 3.25. The Morgan fingerprint density at radius 3 is 2.63 bits per heavy atom. The molecule has 1 aliphatic heterocycles. The Morgan fingerprint density at radius 2 is 1.93 bits per heavy atom. The number of aliphatic hydroxyl groups is 2. The van der Waals surface area contributed by atoms with Crippen LogP contribution in [0.3, 0.4) is 0 Å². The van der Waals surface area contributed by atoms with E-state index in [1.807, 2.05) is 53.9 Å². The van der Waals surface area contributed by atoms with Crippen molar-refractivity contribution in [3.8, 4) is 0 Å². The number of thiazole rings is 1. The molecular weight excluding hydrogens is 398 g/mol. The molecule has 0 amide bonds. The van der Waals surface area contributed by atoms with Crippen LogP contribution in [0.4, 0.5) is 0 Å². The predicted octanol–water partition coefficient (Wildman–Crippen LogP) is 1.63. The van der Waals surface area contributed by atoms with E-state index in [0.29, 0.717) is 13.1 Å². The zero-order valence-electron chi connectivity index (χ0n) is 17.3. The highest BCUT2D eigenvalue weighted by Crippen LogP contribution is 2.27. The van der Waals surface area contributed by atoms with Crippen LogP contribution in [0.25, 0.3) is 10.2 Å². The summed E-state index contributed by atoms with van der Waals surface area (Å²) in [6.07, 6.45) is 13.6. The molecule has 2 heterocycles. The van der Waals surface area contributed by atoms with E-state index in [2.05, 4.69) is 28.9 Å². The lowest BCUT2D eigenvalue weighted by Crippen LogP contribution is -2.76. The van der Waals surface area contributed by atoms with Crippen molar-refractivity contribution in [2.24, 2.45) is 0 Å². The number of nitrogens with two attached hydrogens (primary N) is 1. The van der Waals surface area contributed by atoms with E-state index in [9.17, 15) is 0 Å². The molecule has 0 unspecified atom stereocenters. The second-order valence-corrected chi connectivity index (χ2v) is 8.22. The molecule has 0 spiro atoms. The van der Waals surface area contributed by atoms with Gasteiger partial charge in [0.2, 0.25) is 0 Å². The standard InChI is InChI=1S/C22H29N5O2S/c1-3-25(10-12-28)5-4-23-16-20-14-19(15-21-22(20)24-18(2)30-21)17-27-8-6-26(7-9-27)11-13-29/h3-9,14-15,23,28-29H,1,10-13,16-17H2,2H3/p+1/b5-4-. The van der Waals surface area contributed by atoms with E-state index in [4.69, 9.17) is 15.2 Å². The number of aliphatic hydroxyl groups excluding tert-OH is 2. The largest absolute Gasteiger partial charge is 0.395 e. The third kappa shape index (κ3) is 5.93. The quantitative estimate of drug-likeness (QED) is 0.505. The molecule has 2 aromatic rings. The van der Waals surface area contributed by atoms with Crippen molar-refractivity contribution < 1.29 is 15.5 Å². The maximum Gasteiger partial charge on any atom is 0.109 e. The molecule has 1 aromatic carbocycles. The van der Waals surface area contributed by atoms with Gasteiger partial charge in [-0.25, -0.2) is 4.98 Å². The molecule has 0 saturated heterocycles. The number of aryl methyl sites for hydroxylation is 1. The van der Waals surface area contributed by atoms with Crippen LogP contribution in [-0.2, 0) is 13.1 Å². The van der Waals surface area contributed by atoms with E-state index < -0.39 is 0 Å². The lowest BCUT2D eigenvalue weighted by Gasteiger charge is -2.24. The Hall–Kier alpha value is -2.65. The summed E-state index contributed by atoms with van der Waals surface area (Å²) in [7, 11) is 0. The van der Waals surface area contributed by atoms with Crippen molar-refractivity contribution >= 4 is 21.6 Å². The molecule has 0 bridgehead atoms. The highest BCUT2D eigenvalue weighted by molar-refractivity contribution is 7.18. The molecule has 0 saturated carbocycles. The van der Waals surface area contributed by atoms with Crippen molar-refractivity contribution in [1.29, 1.82) is 0 Å². The monoisotopic (exact) mass is 428 g/mol. The number of β-amino-alcohol motifs (C(OH)–C–C–N with tert-alkyl or cyclic N) is 1. The summed E-state index contributed by atoms with van der Waals surface area (Å²) >= 11 is 1.72. The third-order valence-corrected chi connectivity index (χ3v) is 5.63. The molecule has 4 N–H and O–H groups in total. The second kappa shape index (κ2) is 10.9. The minimum atomic E-state index is 0.0915. The smallest absolute Gasteiger partial charge is 0.109 e. The number of hydrogen-bond donors (Lipinski definition) is 3. The van der Waals surface area contributed by atoms with Crippen LogP contribution in [-0.4, -0.2) is 56.2 Å². The zero-order chi connectivity index (χ0) is 21.3. The normalized spacial score (nSPS) is 13.7. The van der Waals surface area contributed by atoms with Crippen molar-refractivity contribution in [2.75, 3.05) is 26.3 Å². The van der Waals surface area contributed by atoms with Gasteiger partial charge in [-0.05, 0) is 30.8 Å². The molecule has 8 heteroatoms. The first-order chi connectivity index (χ1) is 14.6. The van der Waals surface area contributed by atoms with Gasteiger partial charge in [0.15, 0.2) is 0 Å². The minimum Gasteiger partial charge on any atom is -0.395 e. The van der Waals surface area contributed by atoms with Gasteiger partial charge in [-0.1, -0.05) is 6.58 Å². The number of benzene rings is 1. The Balaban J connectivity index is 1.71. The Kier molecular flexibility index (Phi) is 8.04. The number of aromatic nitrogens is 1. The summed E-state index contributed by atoms with van der Waals surface area (Å²) in [6.45, 7) is 8.71. The molecule has 30 heavy (non-hydrogen) atoms.